The number of nitriles is 1. The summed E-state index contributed by atoms with van der Waals surface area (Å²) >= 11 is 0. The van der Waals surface area contributed by atoms with Gasteiger partial charge in [-0.05, 0) is 24.3 Å². The Labute approximate surface area is 118 Å². The van der Waals surface area contributed by atoms with Gasteiger partial charge < -0.3 is 14.8 Å². The van der Waals surface area contributed by atoms with Gasteiger partial charge in [0.2, 0.25) is 0 Å². The molecule has 1 aromatic heterocycles. The molecular weight excluding hydrogens is 282 g/mol. The third-order valence-electron chi connectivity index (χ3n) is 2.43. The normalized spacial score (nSPS) is 10.0. The van der Waals surface area contributed by atoms with E-state index in [1.165, 1.54) is 25.3 Å². The first-order valence-corrected chi connectivity index (χ1v) is 5.76. The average Bonchev–Trinajstić information content (AvgIpc) is 2.48. The summed E-state index contributed by atoms with van der Waals surface area (Å²) in [6, 6.07) is 9.31. The van der Waals surface area contributed by atoms with Crippen molar-refractivity contribution in [3.8, 4) is 17.6 Å². The van der Waals surface area contributed by atoms with Crippen LogP contribution in [0.3, 0.4) is 0 Å². The summed E-state index contributed by atoms with van der Waals surface area (Å²) in [5.74, 6) is 0.452. The minimum Gasteiger partial charge on any atom is -0.493 e. The van der Waals surface area contributed by atoms with Crippen molar-refractivity contribution in [2.45, 2.75) is 6.61 Å². The highest BCUT2D eigenvalue weighted by Gasteiger charge is 2.11. The van der Waals surface area contributed by atoms with Crippen LogP contribution in [0.25, 0.3) is 0 Å². The average molecular weight is 292 g/mol. The Balaban J connectivity index is 2.21. The van der Waals surface area contributed by atoms with Crippen LogP contribution in [0.2, 0.25) is 0 Å². The predicted molar refractivity (Wildman–Crippen MR) is 69.7 cm³/mol. The maximum Gasteiger partial charge on any atom is 0.387 e. The largest absolute Gasteiger partial charge is 0.493 e. The Bertz CT molecular complexity index is 656. The minimum absolute atomic E-state index is 0.0981. The van der Waals surface area contributed by atoms with Crippen LogP contribution in [0.1, 0.15) is 5.69 Å². The molecule has 0 atom stereocenters. The number of benzene rings is 1. The summed E-state index contributed by atoms with van der Waals surface area (Å²) in [7, 11) is 1.35. The molecule has 108 valence electrons. The maximum atomic E-state index is 12.3. The van der Waals surface area contributed by atoms with Crippen molar-refractivity contribution in [1.82, 2.24) is 10.2 Å². The number of rotatable bonds is 5. The van der Waals surface area contributed by atoms with Gasteiger partial charge >= 0.3 is 6.61 Å². The number of alkyl halides is 2. The Morgan fingerprint density at radius 2 is 2.00 bits per heavy atom. The second kappa shape index (κ2) is 6.47. The van der Waals surface area contributed by atoms with Gasteiger partial charge in [-0.3, -0.25) is 0 Å². The van der Waals surface area contributed by atoms with Gasteiger partial charge in [0.25, 0.3) is 0 Å². The van der Waals surface area contributed by atoms with Crippen LogP contribution >= 0.6 is 0 Å². The van der Waals surface area contributed by atoms with E-state index in [0.717, 1.165) is 0 Å². The molecule has 1 N–H and O–H groups in total. The van der Waals surface area contributed by atoms with Gasteiger partial charge in [0.15, 0.2) is 23.0 Å². The number of nitrogens with one attached hydrogen (secondary N) is 1. The zero-order valence-corrected chi connectivity index (χ0v) is 10.9. The molecule has 0 fully saturated rings. The molecule has 2 aromatic rings. The van der Waals surface area contributed by atoms with Crippen LogP contribution < -0.4 is 14.8 Å². The van der Waals surface area contributed by atoms with Gasteiger partial charge in [-0.15, -0.1) is 10.2 Å². The van der Waals surface area contributed by atoms with Gasteiger partial charge in [0.1, 0.15) is 6.07 Å². The van der Waals surface area contributed by atoms with Gasteiger partial charge in [-0.1, -0.05) is 0 Å². The first-order chi connectivity index (χ1) is 10.1. The summed E-state index contributed by atoms with van der Waals surface area (Å²) < 4.78 is 34.0. The van der Waals surface area contributed by atoms with E-state index in [9.17, 15) is 8.78 Å². The minimum atomic E-state index is -2.95. The number of aromatic nitrogens is 2. The fourth-order valence-electron chi connectivity index (χ4n) is 1.55. The highest BCUT2D eigenvalue weighted by molar-refractivity contribution is 5.61. The van der Waals surface area contributed by atoms with Gasteiger partial charge in [0, 0.05) is 11.8 Å². The standard InChI is InChI=1S/C13H10F2N4O2/c1-20-10-4-2-8(6-11(10)21-13(14)15)17-12-5-3-9(7-16)18-19-12/h2-6,13H,1H3,(H,17,19). The third-order valence-corrected chi connectivity index (χ3v) is 2.43. The number of anilines is 2. The fraction of sp³-hybridized carbons (Fsp3) is 0.154. The lowest BCUT2D eigenvalue weighted by Crippen LogP contribution is -2.04. The molecule has 0 radical (unpaired) electrons. The monoisotopic (exact) mass is 292 g/mol. The van der Waals surface area contributed by atoms with Crippen LogP contribution in [0.5, 0.6) is 11.5 Å². The molecule has 8 heteroatoms. The molecule has 2 rings (SSSR count). The second-order valence-electron chi connectivity index (χ2n) is 3.78. The summed E-state index contributed by atoms with van der Waals surface area (Å²) in [5.41, 5.74) is 0.641. The second-order valence-corrected chi connectivity index (χ2v) is 3.78. The van der Waals surface area contributed by atoms with Gasteiger partial charge in [-0.25, -0.2) is 0 Å². The van der Waals surface area contributed by atoms with Crippen molar-refractivity contribution >= 4 is 11.5 Å². The van der Waals surface area contributed by atoms with Gasteiger partial charge in [0.05, 0.1) is 7.11 Å². The van der Waals surface area contributed by atoms with E-state index >= 15 is 0 Å². The van der Waals surface area contributed by atoms with E-state index in [1.807, 2.05) is 6.07 Å². The molecule has 0 saturated carbocycles. The first-order valence-electron chi connectivity index (χ1n) is 5.76. The van der Waals surface area contributed by atoms with E-state index in [2.05, 4.69) is 20.3 Å². The molecular formula is C13H10F2N4O2. The molecule has 0 amide bonds. The predicted octanol–water partition coefficient (Wildman–Crippen LogP) is 2.70. The lowest BCUT2D eigenvalue weighted by atomic mass is 10.2. The van der Waals surface area contributed by atoms with Crippen LogP contribution in [0, 0.1) is 11.3 Å². The molecule has 0 aliphatic heterocycles. The molecule has 0 saturated heterocycles. The molecule has 21 heavy (non-hydrogen) atoms. The zero-order valence-electron chi connectivity index (χ0n) is 10.9. The summed E-state index contributed by atoms with van der Waals surface area (Å²) in [6.07, 6.45) is 0. The molecule has 0 aliphatic carbocycles. The van der Waals surface area contributed by atoms with Crippen LogP contribution in [0.4, 0.5) is 20.3 Å². The fourth-order valence-corrected chi connectivity index (χ4v) is 1.55. The molecule has 0 aliphatic rings. The van der Waals surface area contributed by atoms with Crippen molar-refractivity contribution in [2.24, 2.45) is 0 Å². The number of hydrogen-bond acceptors (Lipinski definition) is 6. The molecule has 1 heterocycles. The van der Waals surface area contributed by atoms with E-state index < -0.39 is 6.61 Å². The quantitative estimate of drug-likeness (QED) is 0.912. The number of methoxy groups -OCH3 is 1. The zero-order chi connectivity index (χ0) is 15.2. The summed E-state index contributed by atoms with van der Waals surface area (Å²) in [5, 5.41) is 18.9. The number of nitrogens with zero attached hydrogens (tertiary/aromatic N) is 3. The lowest BCUT2D eigenvalue weighted by Gasteiger charge is -2.12. The van der Waals surface area contributed by atoms with Crippen LogP contribution in [-0.2, 0) is 0 Å². The Hall–Kier alpha value is -2.95. The molecule has 0 unspecified atom stereocenters. The van der Waals surface area contributed by atoms with E-state index in [-0.39, 0.29) is 17.2 Å². The Kier molecular flexibility index (Phi) is 4.46. The molecule has 0 spiro atoms. The van der Waals surface area contributed by atoms with Crippen LogP contribution in [0.15, 0.2) is 30.3 Å². The number of hydrogen-bond donors (Lipinski definition) is 1. The van der Waals surface area contributed by atoms with E-state index in [0.29, 0.717) is 11.5 Å². The molecule has 0 bridgehead atoms. The molecule has 1 aromatic carbocycles. The van der Waals surface area contributed by atoms with Gasteiger partial charge in [-0.2, -0.15) is 14.0 Å². The molecule has 6 nitrogen and oxygen atoms in total. The SMILES string of the molecule is COc1ccc(Nc2ccc(C#N)nn2)cc1OC(F)F. The van der Waals surface area contributed by atoms with Crippen molar-refractivity contribution in [3.63, 3.8) is 0 Å². The van der Waals surface area contributed by atoms with Crippen molar-refractivity contribution < 1.29 is 18.3 Å². The number of ether oxygens (including phenoxy) is 2. The highest BCUT2D eigenvalue weighted by atomic mass is 19.3. The van der Waals surface area contributed by atoms with Crippen molar-refractivity contribution in [1.29, 1.82) is 5.26 Å². The first kappa shape index (κ1) is 14.5. The van der Waals surface area contributed by atoms with E-state index in [1.54, 1.807) is 12.1 Å². The maximum absolute atomic E-state index is 12.3. The topological polar surface area (TPSA) is 80.1 Å². The van der Waals surface area contributed by atoms with Crippen LogP contribution in [-0.4, -0.2) is 23.9 Å². The summed E-state index contributed by atoms with van der Waals surface area (Å²) in [6.45, 7) is -2.95. The Morgan fingerprint density at radius 1 is 1.19 bits per heavy atom. The van der Waals surface area contributed by atoms with Crippen molar-refractivity contribution in [2.75, 3.05) is 12.4 Å². The smallest absolute Gasteiger partial charge is 0.387 e. The van der Waals surface area contributed by atoms with Crippen molar-refractivity contribution in [3.05, 3.63) is 36.0 Å². The van der Waals surface area contributed by atoms with E-state index in [4.69, 9.17) is 10.00 Å². The highest BCUT2D eigenvalue weighted by Crippen LogP contribution is 2.32. The summed E-state index contributed by atoms with van der Waals surface area (Å²) in [4.78, 5) is 0. The lowest BCUT2D eigenvalue weighted by molar-refractivity contribution is -0.0511. The Morgan fingerprint density at radius 3 is 2.57 bits per heavy atom. The number of halogens is 2. The third kappa shape index (κ3) is 3.76.